The van der Waals surface area contributed by atoms with Crippen molar-refractivity contribution in [3.63, 3.8) is 0 Å². The highest BCUT2D eigenvalue weighted by atomic mass is 19.1. The Morgan fingerprint density at radius 3 is 2.75 bits per heavy atom. The second kappa shape index (κ2) is 5.04. The average molecular weight is 119 g/mol. The van der Waals surface area contributed by atoms with E-state index in [1.54, 1.807) is 0 Å². The molecule has 2 heteroatoms. The van der Waals surface area contributed by atoms with Crippen LogP contribution in [0.25, 0.3) is 0 Å². The van der Waals surface area contributed by atoms with E-state index >= 15 is 0 Å². The Kier molecular flexibility index (Phi) is 4.97. The van der Waals surface area contributed by atoms with Crippen molar-refractivity contribution >= 4 is 0 Å². The van der Waals surface area contributed by atoms with Gasteiger partial charge in [-0.05, 0) is 6.42 Å². The van der Waals surface area contributed by atoms with E-state index in [1.807, 2.05) is 6.92 Å². The van der Waals surface area contributed by atoms with Crippen LogP contribution in [0.4, 0.5) is 4.39 Å². The number of halogens is 1. The van der Waals surface area contributed by atoms with Crippen LogP contribution in [0.3, 0.4) is 0 Å². The zero-order valence-electron chi connectivity index (χ0n) is 5.10. The fourth-order valence-electron chi connectivity index (χ4n) is 0.474. The van der Waals surface area contributed by atoms with Crippen molar-refractivity contribution in [1.82, 2.24) is 0 Å². The fourth-order valence-corrected chi connectivity index (χ4v) is 0.474. The summed E-state index contributed by atoms with van der Waals surface area (Å²) in [6.07, 6.45) is 1.16. The van der Waals surface area contributed by atoms with Crippen molar-refractivity contribution in [2.24, 2.45) is 0 Å². The second-order valence-electron chi connectivity index (χ2n) is 1.81. The van der Waals surface area contributed by atoms with E-state index in [2.05, 4.69) is 0 Å². The minimum absolute atomic E-state index is 0.451. The summed E-state index contributed by atoms with van der Waals surface area (Å²) >= 11 is 0. The van der Waals surface area contributed by atoms with Crippen LogP contribution in [0.1, 0.15) is 26.2 Å². The van der Waals surface area contributed by atoms with E-state index in [4.69, 9.17) is 5.11 Å². The Morgan fingerprint density at radius 2 is 2.38 bits per heavy atom. The maximum Gasteiger partial charge on any atom is 0.129 e. The van der Waals surface area contributed by atoms with Crippen LogP contribution >= 0.6 is 0 Å². The molecule has 0 bridgehead atoms. The summed E-state index contributed by atoms with van der Waals surface area (Å²) in [5.74, 6) is 0. The largest absolute Gasteiger partial charge is 0.387 e. The smallest absolute Gasteiger partial charge is 0.129 e. The number of aliphatic hydroxyl groups is 1. The Balaban J connectivity index is 2.86. The Labute approximate surface area is 49.5 Å². The van der Waals surface area contributed by atoms with E-state index in [0.29, 0.717) is 13.0 Å². The lowest BCUT2D eigenvalue weighted by molar-refractivity contribution is 0.234. The fraction of sp³-hybridized carbons (Fsp3) is 0.833. The molecule has 1 N–H and O–H groups in total. The van der Waals surface area contributed by atoms with Gasteiger partial charge in [0.1, 0.15) is 12.8 Å². The molecule has 49 valence electrons. The first-order valence-electron chi connectivity index (χ1n) is 2.93. The van der Waals surface area contributed by atoms with E-state index in [1.165, 1.54) is 0 Å². The molecule has 0 heterocycles. The quantitative estimate of drug-likeness (QED) is 0.600. The molecule has 0 saturated carbocycles. The van der Waals surface area contributed by atoms with Gasteiger partial charge >= 0.3 is 0 Å². The topological polar surface area (TPSA) is 20.2 Å². The molecule has 0 aliphatic rings. The molecule has 1 radical (unpaired) electrons. The average Bonchev–Trinajstić information content (AvgIpc) is 1.83. The van der Waals surface area contributed by atoms with Gasteiger partial charge in [-0.2, -0.15) is 0 Å². The SMILES string of the molecule is CCCCC(F)[CH]O. The van der Waals surface area contributed by atoms with Crippen LogP contribution in [0.5, 0.6) is 0 Å². The van der Waals surface area contributed by atoms with Crippen LogP contribution in [-0.2, 0) is 0 Å². The summed E-state index contributed by atoms with van der Waals surface area (Å²) in [4.78, 5) is 0. The van der Waals surface area contributed by atoms with Crippen LogP contribution < -0.4 is 0 Å². The second-order valence-corrected chi connectivity index (χ2v) is 1.81. The normalized spacial score (nSPS) is 13.9. The number of aliphatic hydroxyl groups excluding tert-OH is 1. The molecule has 0 fully saturated rings. The van der Waals surface area contributed by atoms with Gasteiger partial charge in [0.15, 0.2) is 0 Å². The summed E-state index contributed by atoms with van der Waals surface area (Å²) in [5.41, 5.74) is 0. The molecule has 0 rings (SSSR count). The van der Waals surface area contributed by atoms with Crippen molar-refractivity contribution in [3.05, 3.63) is 6.61 Å². The molecule has 0 amide bonds. The van der Waals surface area contributed by atoms with Gasteiger partial charge in [-0.1, -0.05) is 19.8 Å². The number of hydrogen-bond acceptors (Lipinski definition) is 1. The zero-order valence-corrected chi connectivity index (χ0v) is 5.10. The third-order valence-electron chi connectivity index (χ3n) is 0.995. The van der Waals surface area contributed by atoms with Gasteiger partial charge in [0, 0.05) is 0 Å². The van der Waals surface area contributed by atoms with E-state index in [9.17, 15) is 4.39 Å². The summed E-state index contributed by atoms with van der Waals surface area (Å²) < 4.78 is 12.0. The molecule has 0 aromatic rings. The van der Waals surface area contributed by atoms with Gasteiger partial charge in [-0.3, -0.25) is 0 Å². The molecule has 0 aromatic heterocycles. The van der Waals surface area contributed by atoms with Crippen LogP contribution in [-0.4, -0.2) is 11.3 Å². The lowest BCUT2D eigenvalue weighted by Crippen LogP contribution is -1.98. The minimum atomic E-state index is -1.12. The third kappa shape index (κ3) is 4.06. The highest BCUT2D eigenvalue weighted by molar-refractivity contribution is 4.62. The molecule has 0 aliphatic carbocycles. The number of unbranched alkanes of at least 4 members (excludes halogenated alkanes) is 1. The Hall–Kier alpha value is -0.110. The molecule has 0 aromatic carbocycles. The van der Waals surface area contributed by atoms with E-state index < -0.39 is 6.17 Å². The maximum atomic E-state index is 12.0. The summed E-state index contributed by atoms with van der Waals surface area (Å²) in [6, 6.07) is 0. The predicted octanol–water partition coefficient (Wildman–Crippen LogP) is 2.05. The first-order valence-corrected chi connectivity index (χ1v) is 2.93. The van der Waals surface area contributed by atoms with E-state index in [0.717, 1.165) is 12.8 Å². The number of alkyl halides is 1. The molecule has 1 nitrogen and oxygen atoms in total. The molecular formula is C6H12FO. The van der Waals surface area contributed by atoms with Gasteiger partial charge in [-0.15, -0.1) is 0 Å². The van der Waals surface area contributed by atoms with Crippen LogP contribution in [0.2, 0.25) is 0 Å². The van der Waals surface area contributed by atoms with Crippen LogP contribution in [0, 0.1) is 6.61 Å². The van der Waals surface area contributed by atoms with E-state index in [-0.39, 0.29) is 0 Å². The number of hydrogen-bond donors (Lipinski definition) is 1. The maximum absolute atomic E-state index is 12.0. The molecule has 0 saturated heterocycles. The number of rotatable bonds is 4. The highest BCUT2D eigenvalue weighted by Gasteiger charge is 2.01. The molecular weight excluding hydrogens is 107 g/mol. The molecule has 8 heavy (non-hydrogen) atoms. The zero-order chi connectivity index (χ0) is 6.41. The first-order chi connectivity index (χ1) is 3.81. The molecule has 0 aliphatic heterocycles. The predicted molar refractivity (Wildman–Crippen MR) is 30.7 cm³/mol. The Bertz CT molecular complexity index is 47.8. The van der Waals surface area contributed by atoms with Crippen molar-refractivity contribution in [3.8, 4) is 0 Å². The first kappa shape index (κ1) is 7.89. The molecule has 0 spiro atoms. The van der Waals surface area contributed by atoms with Gasteiger partial charge < -0.3 is 5.11 Å². The van der Waals surface area contributed by atoms with Gasteiger partial charge in [0.2, 0.25) is 0 Å². The summed E-state index contributed by atoms with van der Waals surface area (Å²) in [6.45, 7) is 2.60. The lowest BCUT2D eigenvalue weighted by Gasteiger charge is -1.99. The van der Waals surface area contributed by atoms with Crippen molar-refractivity contribution in [2.75, 3.05) is 0 Å². The lowest BCUT2D eigenvalue weighted by atomic mass is 10.2. The monoisotopic (exact) mass is 119 g/mol. The summed E-state index contributed by atoms with van der Waals surface area (Å²) in [5, 5.41) is 8.06. The van der Waals surface area contributed by atoms with Crippen molar-refractivity contribution in [2.45, 2.75) is 32.4 Å². The molecule has 1 atom stereocenters. The standard InChI is InChI=1S/C6H12FO/c1-2-3-4-6(7)5-8/h5-6,8H,2-4H2,1H3. The van der Waals surface area contributed by atoms with Crippen molar-refractivity contribution in [1.29, 1.82) is 0 Å². The Morgan fingerprint density at radius 1 is 1.75 bits per heavy atom. The highest BCUT2D eigenvalue weighted by Crippen LogP contribution is 2.04. The van der Waals surface area contributed by atoms with Crippen molar-refractivity contribution < 1.29 is 9.50 Å². The van der Waals surface area contributed by atoms with Gasteiger partial charge in [0.05, 0.1) is 0 Å². The summed E-state index contributed by atoms with van der Waals surface area (Å²) in [7, 11) is 0. The van der Waals surface area contributed by atoms with Crippen LogP contribution in [0.15, 0.2) is 0 Å². The van der Waals surface area contributed by atoms with Gasteiger partial charge in [-0.25, -0.2) is 4.39 Å². The molecule has 1 unspecified atom stereocenters. The minimum Gasteiger partial charge on any atom is -0.387 e. The van der Waals surface area contributed by atoms with Gasteiger partial charge in [0.25, 0.3) is 0 Å². The third-order valence-corrected chi connectivity index (χ3v) is 0.995.